The molecule has 0 aliphatic rings. The van der Waals surface area contributed by atoms with Crippen molar-refractivity contribution < 1.29 is 44.3 Å². The summed E-state index contributed by atoms with van der Waals surface area (Å²) >= 11 is 0. The van der Waals surface area contributed by atoms with Crippen molar-refractivity contribution in [1.82, 2.24) is 5.32 Å². The molecule has 0 aliphatic carbocycles. The van der Waals surface area contributed by atoms with E-state index in [4.69, 9.17) is 0 Å². The van der Waals surface area contributed by atoms with Crippen LogP contribution in [0.2, 0.25) is 0 Å². The maximum Gasteiger partial charge on any atom is 1.00 e. The van der Waals surface area contributed by atoms with Gasteiger partial charge in [0.05, 0.1) is 12.0 Å². The molecule has 0 aliphatic heterocycles. The molecule has 0 heterocycles. The van der Waals surface area contributed by atoms with Crippen molar-refractivity contribution in [2.24, 2.45) is 5.92 Å². The van der Waals surface area contributed by atoms with E-state index in [1.54, 1.807) is 13.8 Å². The van der Waals surface area contributed by atoms with E-state index < -0.39 is 12.0 Å². The Morgan fingerprint density at radius 2 is 1.78 bits per heavy atom. The van der Waals surface area contributed by atoms with Gasteiger partial charge in [-0.3, -0.25) is 4.79 Å². The van der Waals surface area contributed by atoms with Gasteiger partial charge in [-0.15, -0.1) is 0 Å². The summed E-state index contributed by atoms with van der Waals surface area (Å²) in [6.45, 7) is 3.42. The van der Waals surface area contributed by atoms with Crippen LogP contribution < -0.4 is 40.0 Å². The molecule has 0 bridgehead atoms. The average molecular weight is 257 g/mol. The van der Waals surface area contributed by atoms with Crippen LogP contribution in [0.25, 0.3) is 0 Å². The summed E-state index contributed by atoms with van der Waals surface area (Å²) < 4.78 is 0. The van der Waals surface area contributed by atoms with Gasteiger partial charge in [-0.1, -0.05) is 44.2 Å². The summed E-state index contributed by atoms with van der Waals surface area (Å²) in [5.74, 6) is -1.79. The zero-order valence-corrected chi connectivity index (χ0v) is 13.0. The number of benzene rings is 1. The van der Waals surface area contributed by atoms with Crippen LogP contribution in [0.3, 0.4) is 0 Å². The van der Waals surface area contributed by atoms with Crippen molar-refractivity contribution in [3.8, 4) is 0 Å². The first-order chi connectivity index (χ1) is 8.00. The summed E-state index contributed by atoms with van der Waals surface area (Å²) in [5, 5.41) is 13.4. The third kappa shape index (κ3) is 5.67. The first-order valence-corrected chi connectivity index (χ1v) is 5.56. The molecule has 1 N–H and O–H groups in total. The number of aliphatic carboxylic acids is 1. The van der Waals surface area contributed by atoms with Gasteiger partial charge in [0.25, 0.3) is 0 Å². The largest absolute Gasteiger partial charge is 1.00 e. The van der Waals surface area contributed by atoms with Crippen molar-refractivity contribution in [3.05, 3.63) is 35.9 Å². The first kappa shape index (κ1) is 17.2. The maximum atomic E-state index is 11.4. The quantitative estimate of drug-likeness (QED) is 0.576. The molecule has 1 atom stereocenters. The fourth-order valence-corrected chi connectivity index (χ4v) is 1.38. The van der Waals surface area contributed by atoms with Gasteiger partial charge in [-0.2, -0.15) is 0 Å². The predicted molar refractivity (Wildman–Crippen MR) is 61.9 cm³/mol. The summed E-state index contributed by atoms with van der Waals surface area (Å²) in [6, 6.07) is 8.16. The predicted octanol–water partition coefficient (Wildman–Crippen LogP) is -2.88. The van der Waals surface area contributed by atoms with Gasteiger partial charge in [0.1, 0.15) is 0 Å². The smallest absolute Gasteiger partial charge is 0.548 e. The minimum absolute atomic E-state index is 0. The number of carboxylic acid groups (broad SMARTS) is 1. The minimum Gasteiger partial charge on any atom is -0.548 e. The fourth-order valence-electron chi connectivity index (χ4n) is 1.38. The number of carboxylic acids is 1. The van der Waals surface area contributed by atoms with Gasteiger partial charge in [0, 0.05) is 5.92 Å². The second kappa shape index (κ2) is 8.29. The molecular weight excluding hydrogens is 241 g/mol. The number of hydrogen-bond acceptors (Lipinski definition) is 3. The monoisotopic (exact) mass is 257 g/mol. The molecule has 1 rings (SSSR count). The van der Waals surface area contributed by atoms with Gasteiger partial charge < -0.3 is 15.2 Å². The second-order valence-corrected chi connectivity index (χ2v) is 4.22. The zero-order chi connectivity index (χ0) is 12.8. The minimum atomic E-state index is -1.26. The average Bonchev–Trinajstić information content (AvgIpc) is 2.29. The molecular formula is C13H16NNaO3. The SMILES string of the molecule is CC(C)C(=O)NC(Cc1ccccc1)C(=O)[O-].[Na+]. The molecule has 1 aromatic carbocycles. The van der Waals surface area contributed by atoms with E-state index >= 15 is 0 Å². The molecule has 0 radical (unpaired) electrons. The molecule has 5 heteroatoms. The third-order valence-electron chi connectivity index (χ3n) is 2.41. The number of nitrogens with one attached hydrogen (secondary N) is 1. The second-order valence-electron chi connectivity index (χ2n) is 4.22. The van der Waals surface area contributed by atoms with Crippen LogP contribution in [0.15, 0.2) is 30.3 Å². The van der Waals surface area contributed by atoms with E-state index in [0.717, 1.165) is 5.56 Å². The molecule has 0 fully saturated rings. The van der Waals surface area contributed by atoms with Gasteiger partial charge in [0.15, 0.2) is 0 Å². The van der Waals surface area contributed by atoms with Crippen molar-refractivity contribution >= 4 is 11.9 Å². The summed E-state index contributed by atoms with van der Waals surface area (Å²) in [6.07, 6.45) is 0.238. The van der Waals surface area contributed by atoms with Crippen LogP contribution in [0.4, 0.5) is 0 Å². The number of amides is 1. The first-order valence-electron chi connectivity index (χ1n) is 5.56. The molecule has 0 spiro atoms. The topological polar surface area (TPSA) is 69.2 Å². The van der Waals surface area contributed by atoms with E-state index in [1.807, 2.05) is 30.3 Å². The molecule has 92 valence electrons. The summed E-state index contributed by atoms with van der Waals surface area (Å²) in [4.78, 5) is 22.4. The molecule has 4 nitrogen and oxygen atoms in total. The van der Waals surface area contributed by atoms with Crippen LogP contribution >= 0.6 is 0 Å². The third-order valence-corrected chi connectivity index (χ3v) is 2.41. The van der Waals surface area contributed by atoms with E-state index in [2.05, 4.69) is 5.32 Å². The normalized spacial score (nSPS) is 11.5. The Bertz CT molecular complexity index is 392. The van der Waals surface area contributed by atoms with Crippen molar-refractivity contribution in [1.29, 1.82) is 0 Å². The van der Waals surface area contributed by atoms with E-state index in [-0.39, 0.29) is 47.8 Å². The van der Waals surface area contributed by atoms with Gasteiger partial charge in [-0.05, 0) is 12.0 Å². The standard InChI is InChI=1S/C13H17NO3.Na/c1-9(2)12(15)14-11(13(16)17)8-10-6-4-3-5-7-10;/h3-7,9,11H,8H2,1-2H3,(H,14,15)(H,16,17);/q;+1/p-1. The molecule has 1 aromatic rings. The van der Waals surface area contributed by atoms with Gasteiger partial charge in [0.2, 0.25) is 5.91 Å². The van der Waals surface area contributed by atoms with Crippen LogP contribution in [0, 0.1) is 5.92 Å². The zero-order valence-electron chi connectivity index (χ0n) is 11.0. The van der Waals surface area contributed by atoms with Crippen molar-refractivity contribution in [2.75, 3.05) is 0 Å². The van der Waals surface area contributed by atoms with E-state index in [9.17, 15) is 14.7 Å². The maximum absolute atomic E-state index is 11.4. The van der Waals surface area contributed by atoms with Crippen LogP contribution in [0.5, 0.6) is 0 Å². The Kier molecular flexibility index (Phi) is 7.91. The Morgan fingerprint density at radius 3 is 2.22 bits per heavy atom. The van der Waals surface area contributed by atoms with Crippen molar-refractivity contribution in [2.45, 2.75) is 26.3 Å². The van der Waals surface area contributed by atoms with Gasteiger partial charge >= 0.3 is 29.6 Å². The van der Waals surface area contributed by atoms with E-state index in [1.165, 1.54) is 0 Å². The van der Waals surface area contributed by atoms with Crippen LogP contribution in [-0.2, 0) is 16.0 Å². The molecule has 0 aromatic heterocycles. The van der Waals surface area contributed by atoms with Gasteiger partial charge in [-0.25, -0.2) is 0 Å². The van der Waals surface area contributed by atoms with E-state index in [0.29, 0.717) is 0 Å². The Balaban J connectivity index is 0.00000289. The summed E-state index contributed by atoms with van der Waals surface area (Å²) in [7, 11) is 0. The number of hydrogen-bond donors (Lipinski definition) is 1. The van der Waals surface area contributed by atoms with Crippen molar-refractivity contribution in [3.63, 3.8) is 0 Å². The fraction of sp³-hybridized carbons (Fsp3) is 0.385. The Morgan fingerprint density at radius 1 is 1.22 bits per heavy atom. The molecule has 1 unspecified atom stereocenters. The molecule has 18 heavy (non-hydrogen) atoms. The number of rotatable bonds is 5. The Labute approximate surface area is 129 Å². The molecule has 1 amide bonds. The molecule has 0 saturated heterocycles. The Hall–Kier alpha value is -0.840. The number of carbonyl (C=O) groups excluding carboxylic acids is 2. The molecule has 0 saturated carbocycles. The van der Waals surface area contributed by atoms with Crippen LogP contribution in [-0.4, -0.2) is 17.9 Å². The summed E-state index contributed by atoms with van der Waals surface area (Å²) in [5.41, 5.74) is 0.853. The number of carbonyl (C=O) groups is 2. The van der Waals surface area contributed by atoms with Crippen LogP contribution in [0.1, 0.15) is 19.4 Å².